The lowest BCUT2D eigenvalue weighted by atomic mass is 9.97. The molecular formula is C47H32F2N4. The van der Waals surface area contributed by atoms with Crippen molar-refractivity contribution in [3.8, 4) is 62.1 Å². The average Bonchev–Trinajstić information content (AvgIpc) is 3.52. The van der Waals surface area contributed by atoms with Crippen LogP contribution in [0.3, 0.4) is 0 Å². The van der Waals surface area contributed by atoms with Crippen LogP contribution in [-0.2, 0) is 0 Å². The van der Waals surface area contributed by atoms with Gasteiger partial charge in [-0.3, -0.25) is 0 Å². The lowest BCUT2D eigenvalue weighted by Crippen LogP contribution is -2.04. The minimum Gasteiger partial charge on any atom is -0.309 e. The zero-order valence-electron chi connectivity index (χ0n) is 29.1. The van der Waals surface area contributed by atoms with E-state index in [4.69, 9.17) is 15.0 Å². The van der Waals surface area contributed by atoms with Gasteiger partial charge >= 0.3 is 0 Å². The lowest BCUT2D eigenvalue weighted by Gasteiger charge is -2.17. The molecule has 6 heteroatoms. The second-order valence-electron chi connectivity index (χ2n) is 13.3. The second-order valence-corrected chi connectivity index (χ2v) is 13.3. The molecule has 0 aliphatic carbocycles. The first-order chi connectivity index (χ1) is 25.9. The van der Waals surface area contributed by atoms with Gasteiger partial charge in [-0.05, 0) is 78.6 Å². The number of rotatable bonds is 6. The summed E-state index contributed by atoms with van der Waals surface area (Å²) in [5.41, 5.74) is 9.97. The molecule has 9 aromatic rings. The number of aromatic nitrogens is 4. The first-order valence-electron chi connectivity index (χ1n) is 17.5. The van der Waals surface area contributed by atoms with E-state index < -0.39 is 11.6 Å². The van der Waals surface area contributed by atoms with Crippen molar-refractivity contribution in [3.63, 3.8) is 0 Å². The molecule has 2 heterocycles. The highest BCUT2D eigenvalue weighted by atomic mass is 19.1. The topological polar surface area (TPSA) is 43.6 Å². The first kappa shape index (κ1) is 32.1. The molecule has 0 atom stereocenters. The number of nitrogens with zero attached hydrogens (tertiary/aromatic N) is 4. The maximum absolute atomic E-state index is 15.4. The van der Waals surface area contributed by atoms with Gasteiger partial charge in [0.2, 0.25) is 0 Å². The molecule has 53 heavy (non-hydrogen) atoms. The van der Waals surface area contributed by atoms with Crippen molar-refractivity contribution in [2.45, 2.75) is 13.8 Å². The van der Waals surface area contributed by atoms with Crippen LogP contribution < -0.4 is 0 Å². The first-order valence-corrected chi connectivity index (χ1v) is 17.5. The third-order valence-corrected chi connectivity index (χ3v) is 9.79. The van der Waals surface area contributed by atoms with Crippen molar-refractivity contribution < 1.29 is 8.78 Å². The van der Waals surface area contributed by atoms with Crippen LogP contribution in [0.1, 0.15) is 11.1 Å². The summed E-state index contributed by atoms with van der Waals surface area (Å²) in [4.78, 5) is 15.0. The summed E-state index contributed by atoms with van der Waals surface area (Å²) in [6.07, 6.45) is 0. The van der Waals surface area contributed by atoms with Gasteiger partial charge in [-0.2, -0.15) is 0 Å². The van der Waals surface area contributed by atoms with E-state index in [1.54, 1.807) is 12.1 Å². The third kappa shape index (κ3) is 5.75. The van der Waals surface area contributed by atoms with E-state index in [-0.39, 0.29) is 5.56 Å². The van der Waals surface area contributed by atoms with Gasteiger partial charge in [0, 0.05) is 27.5 Å². The third-order valence-electron chi connectivity index (χ3n) is 9.79. The van der Waals surface area contributed by atoms with E-state index >= 15 is 8.78 Å². The number of para-hydroxylation sites is 1. The molecule has 9 rings (SSSR count). The number of halogens is 2. The van der Waals surface area contributed by atoms with E-state index in [0.29, 0.717) is 28.6 Å². The number of hydrogen-bond acceptors (Lipinski definition) is 3. The molecular weight excluding hydrogens is 659 g/mol. The van der Waals surface area contributed by atoms with E-state index in [1.165, 1.54) is 34.9 Å². The molecule has 0 unspecified atom stereocenters. The lowest BCUT2D eigenvalue weighted by molar-refractivity contribution is 0.589. The Morgan fingerprint density at radius 1 is 0.434 bits per heavy atom. The molecule has 0 aliphatic rings. The van der Waals surface area contributed by atoms with Gasteiger partial charge in [0.25, 0.3) is 0 Å². The van der Waals surface area contributed by atoms with E-state index in [0.717, 1.165) is 44.2 Å². The Bertz CT molecular complexity index is 2750. The van der Waals surface area contributed by atoms with Crippen molar-refractivity contribution >= 4 is 21.8 Å². The fraction of sp³-hybridized carbons (Fsp3) is 0.0426. The van der Waals surface area contributed by atoms with Crippen LogP contribution in [0.25, 0.3) is 83.9 Å². The van der Waals surface area contributed by atoms with Crippen LogP contribution in [0.5, 0.6) is 0 Å². The van der Waals surface area contributed by atoms with Crippen molar-refractivity contribution in [2.75, 3.05) is 0 Å². The largest absolute Gasteiger partial charge is 0.309 e. The fourth-order valence-electron chi connectivity index (χ4n) is 7.31. The van der Waals surface area contributed by atoms with Gasteiger partial charge < -0.3 is 4.57 Å². The van der Waals surface area contributed by atoms with Crippen LogP contribution in [0.4, 0.5) is 8.78 Å². The number of benzene rings is 7. The molecule has 7 aromatic carbocycles. The Hall–Kier alpha value is -6.79. The maximum Gasteiger partial charge on any atom is 0.166 e. The minimum absolute atomic E-state index is 0.110. The molecule has 0 saturated heterocycles. The van der Waals surface area contributed by atoms with Crippen molar-refractivity contribution in [1.29, 1.82) is 0 Å². The summed E-state index contributed by atoms with van der Waals surface area (Å²) in [5.74, 6) is 0.0609. The van der Waals surface area contributed by atoms with Crippen molar-refractivity contribution in [2.24, 2.45) is 0 Å². The van der Waals surface area contributed by atoms with Gasteiger partial charge in [-0.1, -0.05) is 121 Å². The van der Waals surface area contributed by atoms with Crippen LogP contribution in [0, 0.1) is 25.5 Å². The quantitative estimate of drug-likeness (QED) is 0.174. The van der Waals surface area contributed by atoms with E-state index in [2.05, 4.69) is 66.9 Å². The Morgan fingerprint density at radius 2 is 1.04 bits per heavy atom. The van der Waals surface area contributed by atoms with Gasteiger partial charge in [0.15, 0.2) is 17.5 Å². The zero-order chi connectivity index (χ0) is 36.1. The molecule has 0 aliphatic heterocycles. The molecule has 4 nitrogen and oxygen atoms in total. The summed E-state index contributed by atoms with van der Waals surface area (Å²) in [7, 11) is 0. The highest BCUT2D eigenvalue weighted by Gasteiger charge is 2.22. The molecule has 0 bridgehead atoms. The zero-order valence-corrected chi connectivity index (χ0v) is 29.1. The average molecular weight is 691 g/mol. The summed E-state index contributed by atoms with van der Waals surface area (Å²) in [5, 5.41) is 2.16. The highest BCUT2D eigenvalue weighted by Crippen LogP contribution is 2.40. The van der Waals surface area contributed by atoms with Gasteiger partial charge in [0.1, 0.15) is 11.6 Å². The molecule has 0 N–H and O–H groups in total. The smallest absolute Gasteiger partial charge is 0.166 e. The van der Waals surface area contributed by atoms with Gasteiger partial charge in [-0.25, -0.2) is 23.7 Å². The summed E-state index contributed by atoms with van der Waals surface area (Å²) < 4.78 is 32.9. The Labute approximate surface area is 305 Å². The Balaban J connectivity index is 1.35. The highest BCUT2D eigenvalue weighted by molar-refractivity contribution is 6.11. The van der Waals surface area contributed by atoms with Crippen molar-refractivity contribution in [1.82, 2.24) is 19.5 Å². The Kier molecular flexibility index (Phi) is 7.93. The van der Waals surface area contributed by atoms with Gasteiger partial charge in [0.05, 0.1) is 22.3 Å². The predicted octanol–water partition coefficient (Wildman–Crippen LogP) is 12.2. The monoisotopic (exact) mass is 690 g/mol. The Morgan fingerprint density at radius 3 is 1.72 bits per heavy atom. The number of fused-ring (bicyclic) bond motifs is 3. The fourth-order valence-corrected chi connectivity index (χ4v) is 7.31. The van der Waals surface area contributed by atoms with E-state index in [9.17, 15) is 0 Å². The van der Waals surface area contributed by atoms with Crippen LogP contribution in [-0.4, -0.2) is 19.5 Å². The van der Waals surface area contributed by atoms with Crippen LogP contribution in [0.15, 0.2) is 158 Å². The maximum atomic E-state index is 15.4. The minimum atomic E-state index is -0.648. The van der Waals surface area contributed by atoms with Crippen molar-refractivity contribution in [3.05, 3.63) is 180 Å². The SMILES string of the molecule is Cc1ccc(-c2ccc3c(c2)c2ccccc2n3-c2ccc(-c3c(F)cccc3F)cc2-c2nc(-c3ccccc3)nc(-c3ccccc3)n2)c(C)c1. The molecule has 0 saturated carbocycles. The number of aryl methyl sites for hydroxylation is 2. The van der Waals surface area contributed by atoms with Gasteiger partial charge in [-0.15, -0.1) is 0 Å². The molecule has 0 spiro atoms. The molecule has 0 radical (unpaired) electrons. The second kappa shape index (κ2) is 13.1. The summed E-state index contributed by atoms with van der Waals surface area (Å²) >= 11 is 0. The normalized spacial score (nSPS) is 11.4. The summed E-state index contributed by atoms with van der Waals surface area (Å²) in [6.45, 7) is 4.25. The van der Waals surface area contributed by atoms with Crippen LogP contribution in [0.2, 0.25) is 0 Å². The number of hydrogen-bond donors (Lipinski definition) is 0. The predicted molar refractivity (Wildman–Crippen MR) is 211 cm³/mol. The summed E-state index contributed by atoms with van der Waals surface area (Å²) in [6, 6.07) is 50.3. The molecule has 2 aromatic heterocycles. The molecule has 254 valence electrons. The standard InChI is InChI=1S/C47H32F2N4/c1-29-20-23-35(30(2)26-29)33-21-24-42-37(27-33)36-16-9-10-19-41(36)53(42)43-25-22-34(44-39(48)17-11-18-40(44)49)28-38(43)47-51-45(31-12-5-3-6-13-31)50-46(52-47)32-14-7-4-8-15-32/h3-28H,1-2H3. The van der Waals surface area contributed by atoms with Crippen LogP contribution >= 0.6 is 0 Å². The molecule has 0 fully saturated rings. The molecule has 0 amide bonds. The van der Waals surface area contributed by atoms with E-state index in [1.807, 2.05) is 78.9 Å².